The average molecular weight is 332 g/mol. The van der Waals surface area contributed by atoms with Gasteiger partial charge in [0.05, 0.1) is 0 Å². The van der Waals surface area contributed by atoms with Gasteiger partial charge in [-0.05, 0) is 19.1 Å². The number of aromatic nitrogens is 2. The predicted octanol–water partition coefficient (Wildman–Crippen LogP) is 2.38. The van der Waals surface area contributed by atoms with E-state index in [4.69, 9.17) is 25.6 Å². The molecule has 0 radical (unpaired) electrons. The summed E-state index contributed by atoms with van der Waals surface area (Å²) in [6.45, 7) is 3.61. The van der Waals surface area contributed by atoms with Crippen LogP contribution in [0.3, 0.4) is 0 Å². The fraction of sp³-hybridized carbons (Fsp3) is 0.385. The maximum Gasteiger partial charge on any atom is 0.264 e. The van der Waals surface area contributed by atoms with Crippen LogP contribution < -0.4 is 14.8 Å². The van der Waals surface area contributed by atoms with E-state index in [0.29, 0.717) is 28.2 Å². The predicted molar refractivity (Wildman–Crippen MR) is 79.4 cm³/mol. The Bertz CT molecular complexity index is 602. The molecule has 1 N–H and O–H groups in total. The number of benzene rings is 1. The van der Waals surface area contributed by atoms with Gasteiger partial charge in [-0.1, -0.05) is 16.8 Å². The lowest BCUT2D eigenvalue weighted by Crippen LogP contribution is -2.50. The van der Waals surface area contributed by atoms with Gasteiger partial charge in [-0.2, -0.15) is 4.98 Å². The Morgan fingerprint density at radius 3 is 2.81 bits per heavy atom. The molecule has 1 aliphatic heterocycles. The molecule has 114 valence electrons. The first-order valence-electron chi connectivity index (χ1n) is 6.29. The molecule has 6 nitrogen and oxygen atoms in total. The number of hydrogen-bond acceptors (Lipinski definition) is 6. The van der Waals surface area contributed by atoms with Crippen molar-refractivity contribution in [1.29, 1.82) is 0 Å². The zero-order chi connectivity index (χ0) is 13.9. The van der Waals surface area contributed by atoms with Gasteiger partial charge in [-0.25, -0.2) is 0 Å². The SMILES string of the molecule is Cc1noc(COc2ccc(Cl)cc2OC2CNC2)n1.Cl. The minimum absolute atomic E-state index is 0. The quantitative estimate of drug-likeness (QED) is 0.907. The van der Waals surface area contributed by atoms with Gasteiger partial charge in [-0.3, -0.25) is 0 Å². The molecule has 0 unspecified atom stereocenters. The molecular weight excluding hydrogens is 317 g/mol. The number of ether oxygens (including phenoxy) is 2. The molecule has 1 saturated heterocycles. The van der Waals surface area contributed by atoms with E-state index in [9.17, 15) is 0 Å². The average Bonchev–Trinajstić information content (AvgIpc) is 2.79. The Kier molecular flexibility index (Phi) is 5.27. The second kappa shape index (κ2) is 6.98. The molecule has 2 aromatic rings. The summed E-state index contributed by atoms with van der Waals surface area (Å²) in [5.41, 5.74) is 0. The molecule has 1 aliphatic rings. The maximum atomic E-state index is 5.99. The first-order chi connectivity index (χ1) is 9.70. The molecule has 2 heterocycles. The van der Waals surface area contributed by atoms with E-state index in [1.807, 2.05) is 0 Å². The Morgan fingerprint density at radius 1 is 1.38 bits per heavy atom. The summed E-state index contributed by atoms with van der Waals surface area (Å²) in [6, 6.07) is 5.27. The third-order valence-corrected chi connectivity index (χ3v) is 3.10. The van der Waals surface area contributed by atoms with Crippen molar-refractivity contribution in [3.63, 3.8) is 0 Å². The molecule has 0 atom stereocenters. The standard InChI is InChI=1S/C13H14ClN3O3.ClH/c1-8-16-13(20-17-8)7-18-11-3-2-9(14)4-12(11)19-10-5-15-6-10;/h2-4,10,15H,5-7H2,1H3;1H. The molecular formula is C13H15Cl2N3O3. The van der Waals surface area contributed by atoms with Crippen LogP contribution in [0, 0.1) is 6.92 Å². The van der Waals surface area contributed by atoms with Crippen LogP contribution in [0.5, 0.6) is 11.5 Å². The van der Waals surface area contributed by atoms with Crippen molar-refractivity contribution >= 4 is 24.0 Å². The Morgan fingerprint density at radius 2 is 2.19 bits per heavy atom. The van der Waals surface area contributed by atoms with Crippen molar-refractivity contribution in [1.82, 2.24) is 15.5 Å². The second-order valence-electron chi connectivity index (χ2n) is 4.51. The molecule has 0 bridgehead atoms. The summed E-state index contributed by atoms with van der Waals surface area (Å²) in [5.74, 6) is 2.24. The van der Waals surface area contributed by atoms with Crippen molar-refractivity contribution in [2.24, 2.45) is 0 Å². The Hall–Kier alpha value is -1.50. The van der Waals surface area contributed by atoms with Crippen LogP contribution in [0.4, 0.5) is 0 Å². The van der Waals surface area contributed by atoms with Crippen molar-refractivity contribution in [2.75, 3.05) is 13.1 Å². The van der Waals surface area contributed by atoms with E-state index in [1.165, 1.54) is 0 Å². The van der Waals surface area contributed by atoms with Crippen molar-refractivity contribution < 1.29 is 14.0 Å². The van der Waals surface area contributed by atoms with Gasteiger partial charge in [0.1, 0.15) is 6.10 Å². The Balaban J connectivity index is 0.00000161. The van der Waals surface area contributed by atoms with E-state index in [2.05, 4.69) is 15.5 Å². The summed E-state index contributed by atoms with van der Waals surface area (Å²) >= 11 is 5.99. The molecule has 0 saturated carbocycles. The lowest BCUT2D eigenvalue weighted by atomic mass is 10.2. The molecule has 0 amide bonds. The van der Waals surface area contributed by atoms with Gasteiger partial charge in [0.15, 0.2) is 23.9 Å². The maximum absolute atomic E-state index is 5.99. The molecule has 1 fully saturated rings. The van der Waals surface area contributed by atoms with Crippen LogP contribution in [0.25, 0.3) is 0 Å². The van der Waals surface area contributed by atoms with Crippen LogP contribution in [-0.2, 0) is 6.61 Å². The number of halogens is 2. The summed E-state index contributed by atoms with van der Waals surface area (Å²) in [4.78, 5) is 4.08. The summed E-state index contributed by atoms with van der Waals surface area (Å²) in [6.07, 6.45) is 0.154. The molecule has 0 aliphatic carbocycles. The first kappa shape index (κ1) is 15.9. The smallest absolute Gasteiger partial charge is 0.264 e. The van der Waals surface area contributed by atoms with E-state index in [1.54, 1.807) is 25.1 Å². The van der Waals surface area contributed by atoms with Crippen LogP contribution >= 0.6 is 24.0 Å². The van der Waals surface area contributed by atoms with Gasteiger partial charge in [0.2, 0.25) is 0 Å². The van der Waals surface area contributed by atoms with Crippen LogP contribution in [-0.4, -0.2) is 29.3 Å². The Labute approximate surface area is 133 Å². The number of hydrogen-bond donors (Lipinski definition) is 1. The minimum Gasteiger partial charge on any atom is -0.484 e. The molecule has 0 spiro atoms. The van der Waals surface area contributed by atoms with Gasteiger partial charge in [0.25, 0.3) is 5.89 Å². The lowest BCUT2D eigenvalue weighted by molar-refractivity contribution is 0.133. The van der Waals surface area contributed by atoms with Gasteiger partial charge in [0, 0.05) is 24.2 Å². The highest BCUT2D eigenvalue weighted by Gasteiger charge is 2.20. The van der Waals surface area contributed by atoms with E-state index >= 15 is 0 Å². The molecule has 3 rings (SSSR count). The third kappa shape index (κ3) is 4.00. The summed E-state index contributed by atoms with van der Waals surface area (Å²) in [5, 5.41) is 7.46. The van der Waals surface area contributed by atoms with Gasteiger partial charge < -0.3 is 19.3 Å². The zero-order valence-electron chi connectivity index (χ0n) is 11.3. The summed E-state index contributed by atoms with van der Waals surface area (Å²) in [7, 11) is 0. The van der Waals surface area contributed by atoms with E-state index in [-0.39, 0.29) is 25.1 Å². The molecule has 1 aromatic heterocycles. The first-order valence-corrected chi connectivity index (χ1v) is 6.67. The topological polar surface area (TPSA) is 69.4 Å². The lowest BCUT2D eigenvalue weighted by Gasteiger charge is -2.28. The number of aryl methyl sites for hydroxylation is 1. The largest absolute Gasteiger partial charge is 0.484 e. The molecule has 21 heavy (non-hydrogen) atoms. The van der Waals surface area contributed by atoms with Gasteiger partial charge in [-0.15, -0.1) is 12.4 Å². The van der Waals surface area contributed by atoms with E-state index in [0.717, 1.165) is 13.1 Å². The highest BCUT2D eigenvalue weighted by Crippen LogP contribution is 2.32. The van der Waals surface area contributed by atoms with Crippen molar-refractivity contribution in [3.05, 3.63) is 34.9 Å². The van der Waals surface area contributed by atoms with Crippen molar-refractivity contribution in [3.8, 4) is 11.5 Å². The van der Waals surface area contributed by atoms with Gasteiger partial charge >= 0.3 is 0 Å². The summed E-state index contributed by atoms with van der Waals surface area (Å²) < 4.78 is 16.5. The van der Waals surface area contributed by atoms with Crippen LogP contribution in [0.1, 0.15) is 11.7 Å². The number of nitrogens with zero attached hydrogens (tertiary/aromatic N) is 2. The normalized spacial score (nSPS) is 14.2. The number of rotatable bonds is 5. The molecule has 1 aromatic carbocycles. The molecule has 8 heteroatoms. The van der Waals surface area contributed by atoms with E-state index < -0.39 is 0 Å². The van der Waals surface area contributed by atoms with Crippen LogP contribution in [0.2, 0.25) is 5.02 Å². The highest BCUT2D eigenvalue weighted by atomic mass is 35.5. The fourth-order valence-corrected chi connectivity index (χ4v) is 1.92. The number of nitrogens with one attached hydrogen (secondary N) is 1. The van der Waals surface area contributed by atoms with Crippen molar-refractivity contribution in [2.45, 2.75) is 19.6 Å². The van der Waals surface area contributed by atoms with Crippen LogP contribution in [0.15, 0.2) is 22.7 Å². The zero-order valence-corrected chi connectivity index (χ0v) is 12.9. The second-order valence-corrected chi connectivity index (χ2v) is 4.95. The minimum atomic E-state index is 0. The monoisotopic (exact) mass is 331 g/mol. The fourth-order valence-electron chi connectivity index (χ4n) is 1.76. The highest BCUT2D eigenvalue weighted by molar-refractivity contribution is 6.30. The third-order valence-electron chi connectivity index (χ3n) is 2.86.